The number of hydrogen-bond acceptors (Lipinski definition) is 3. The molecule has 2 rings (SSSR count). The highest BCUT2D eigenvalue weighted by Gasteiger charge is 2.45. The molecule has 2 bridgehead atoms. The van der Waals surface area contributed by atoms with Crippen molar-refractivity contribution in [2.45, 2.75) is 91.2 Å². The van der Waals surface area contributed by atoms with Crippen LogP contribution in [0.4, 0.5) is 0 Å². The van der Waals surface area contributed by atoms with Crippen LogP contribution in [0.15, 0.2) is 0 Å². The molecule has 6 unspecified atom stereocenters. The SMILES string of the molecule is CC(C)CCCC(C)CCNCCS(=O)(=O)C1C(C)CC2CC(C)CC1C2. The Kier molecular flexibility index (Phi) is 9.12. The molecule has 3 nitrogen and oxygen atoms in total. The summed E-state index contributed by atoms with van der Waals surface area (Å²) in [6.07, 6.45) is 9.77. The minimum absolute atomic E-state index is 0.0896. The van der Waals surface area contributed by atoms with Crippen LogP contribution in [0.2, 0.25) is 0 Å². The highest BCUT2D eigenvalue weighted by atomic mass is 32.2. The summed E-state index contributed by atoms with van der Waals surface area (Å²) in [5.41, 5.74) is 0. The number of nitrogens with one attached hydrogen (secondary N) is 1. The third-order valence-electron chi connectivity index (χ3n) is 7.08. The molecule has 0 saturated heterocycles. The molecule has 0 aromatic carbocycles. The minimum atomic E-state index is -2.99. The van der Waals surface area contributed by atoms with Gasteiger partial charge in [-0.05, 0) is 74.2 Å². The summed E-state index contributed by atoms with van der Waals surface area (Å²) < 4.78 is 26.1. The van der Waals surface area contributed by atoms with Crippen LogP contribution >= 0.6 is 0 Å². The van der Waals surface area contributed by atoms with Crippen LogP contribution in [0.3, 0.4) is 0 Å². The predicted octanol–water partition coefficient (Wildman–Crippen LogP) is 5.30. The number of sulfone groups is 1. The van der Waals surface area contributed by atoms with Crippen LogP contribution in [0.5, 0.6) is 0 Å². The fraction of sp³-hybridized carbons (Fsp3) is 1.00. The van der Waals surface area contributed by atoms with Gasteiger partial charge in [0.1, 0.15) is 0 Å². The van der Waals surface area contributed by atoms with E-state index in [2.05, 4.69) is 39.9 Å². The molecule has 0 aromatic heterocycles. The summed E-state index contributed by atoms with van der Waals surface area (Å²) in [5, 5.41) is 3.32. The first kappa shape index (κ1) is 23.2. The maximum Gasteiger partial charge on any atom is 0.154 e. The van der Waals surface area contributed by atoms with Gasteiger partial charge in [0.05, 0.1) is 11.0 Å². The third kappa shape index (κ3) is 7.34. The molecule has 2 saturated carbocycles. The summed E-state index contributed by atoms with van der Waals surface area (Å²) in [6, 6.07) is 0. The zero-order chi connectivity index (χ0) is 20.0. The van der Waals surface area contributed by atoms with Crippen molar-refractivity contribution in [2.24, 2.45) is 35.5 Å². The van der Waals surface area contributed by atoms with Gasteiger partial charge in [-0.25, -0.2) is 8.42 Å². The minimum Gasteiger partial charge on any atom is -0.316 e. The topological polar surface area (TPSA) is 46.2 Å². The first-order valence-corrected chi connectivity index (χ1v) is 13.3. The van der Waals surface area contributed by atoms with Crippen molar-refractivity contribution < 1.29 is 8.42 Å². The van der Waals surface area contributed by atoms with Gasteiger partial charge in [0.2, 0.25) is 0 Å². The molecule has 0 aliphatic heterocycles. The fourth-order valence-electron chi connectivity index (χ4n) is 5.88. The van der Waals surface area contributed by atoms with E-state index in [1.54, 1.807) is 0 Å². The van der Waals surface area contributed by atoms with Crippen LogP contribution in [-0.4, -0.2) is 32.5 Å². The molecular formula is C23H45NO2S. The van der Waals surface area contributed by atoms with E-state index < -0.39 is 9.84 Å². The van der Waals surface area contributed by atoms with Gasteiger partial charge in [-0.15, -0.1) is 0 Å². The van der Waals surface area contributed by atoms with E-state index in [0.29, 0.717) is 30.1 Å². The number of fused-ring (bicyclic) bond motifs is 2. The monoisotopic (exact) mass is 399 g/mol. The molecular weight excluding hydrogens is 354 g/mol. The van der Waals surface area contributed by atoms with Crippen molar-refractivity contribution in [1.82, 2.24) is 5.32 Å². The Labute approximate surface area is 169 Å². The van der Waals surface area contributed by atoms with Crippen molar-refractivity contribution in [3.05, 3.63) is 0 Å². The molecule has 2 aliphatic rings. The summed E-state index contributed by atoms with van der Waals surface area (Å²) in [4.78, 5) is 0. The van der Waals surface area contributed by atoms with E-state index in [9.17, 15) is 8.42 Å². The first-order chi connectivity index (χ1) is 12.7. The molecule has 0 radical (unpaired) electrons. The summed E-state index contributed by atoms with van der Waals surface area (Å²) in [6.45, 7) is 13.0. The van der Waals surface area contributed by atoms with Gasteiger partial charge in [0.15, 0.2) is 9.84 Å². The van der Waals surface area contributed by atoms with Gasteiger partial charge < -0.3 is 5.32 Å². The van der Waals surface area contributed by atoms with Crippen LogP contribution in [0.25, 0.3) is 0 Å². The number of rotatable bonds is 11. The standard InChI is InChI=1S/C23H45NO2S/c1-17(2)7-6-8-18(3)9-10-24-11-12-27(25,26)23-20(5)15-21-13-19(4)14-22(23)16-21/h17-24H,6-16H2,1-5H3. The van der Waals surface area contributed by atoms with Crippen molar-refractivity contribution in [3.63, 3.8) is 0 Å². The predicted molar refractivity (Wildman–Crippen MR) is 117 cm³/mol. The van der Waals surface area contributed by atoms with E-state index in [-0.39, 0.29) is 5.25 Å². The Bertz CT molecular complexity index is 526. The lowest BCUT2D eigenvalue weighted by Crippen LogP contribution is -2.46. The molecule has 1 N–H and O–H groups in total. The Morgan fingerprint density at radius 2 is 1.67 bits per heavy atom. The molecule has 0 spiro atoms. The van der Waals surface area contributed by atoms with E-state index in [1.165, 1.54) is 25.7 Å². The van der Waals surface area contributed by atoms with E-state index in [1.807, 2.05) is 0 Å². The Hall–Kier alpha value is -0.0900. The Morgan fingerprint density at radius 3 is 2.37 bits per heavy atom. The van der Waals surface area contributed by atoms with Crippen molar-refractivity contribution in [3.8, 4) is 0 Å². The highest BCUT2D eigenvalue weighted by molar-refractivity contribution is 7.92. The molecule has 160 valence electrons. The van der Waals surface area contributed by atoms with Gasteiger partial charge in [-0.3, -0.25) is 0 Å². The summed E-state index contributed by atoms with van der Waals surface area (Å²) in [5.74, 6) is 4.07. The van der Waals surface area contributed by atoms with Crippen LogP contribution < -0.4 is 5.32 Å². The quantitative estimate of drug-likeness (QED) is 0.479. The van der Waals surface area contributed by atoms with E-state index in [0.717, 1.165) is 50.0 Å². The van der Waals surface area contributed by atoms with Crippen molar-refractivity contribution >= 4 is 9.84 Å². The highest BCUT2D eigenvalue weighted by Crippen LogP contribution is 2.47. The molecule has 0 aromatic rings. The molecule has 2 fully saturated rings. The van der Waals surface area contributed by atoms with Crippen LogP contribution in [0, 0.1) is 35.5 Å². The summed E-state index contributed by atoms with van der Waals surface area (Å²) in [7, 11) is -2.99. The maximum atomic E-state index is 13.1. The van der Waals surface area contributed by atoms with Crippen molar-refractivity contribution in [1.29, 1.82) is 0 Å². The molecule has 0 amide bonds. The lowest BCUT2D eigenvalue weighted by atomic mass is 9.65. The smallest absolute Gasteiger partial charge is 0.154 e. The van der Waals surface area contributed by atoms with Gasteiger partial charge in [-0.1, -0.05) is 53.9 Å². The molecule has 2 aliphatic carbocycles. The average molecular weight is 400 g/mol. The maximum absolute atomic E-state index is 13.1. The Balaban J connectivity index is 1.70. The molecule has 27 heavy (non-hydrogen) atoms. The second-order valence-electron chi connectivity index (χ2n) is 10.5. The molecule has 0 heterocycles. The molecule has 6 atom stereocenters. The van der Waals surface area contributed by atoms with E-state index in [4.69, 9.17) is 0 Å². The Morgan fingerprint density at radius 1 is 0.926 bits per heavy atom. The zero-order valence-corrected chi connectivity index (χ0v) is 19.4. The lowest BCUT2D eigenvalue weighted by molar-refractivity contribution is 0.114. The fourth-order valence-corrected chi connectivity index (χ4v) is 8.21. The van der Waals surface area contributed by atoms with Gasteiger partial charge >= 0.3 is 0 Å². The average Bonchev–Trinajstić information content (AvgIpc) is 2.52. The van der Waals surface area contributed by atoms with Crippen LogP contribution in [-0.2, 0) is 9.84 Å². The summed E-state index contributed by atoms with van der Waals surface area (Å²) >= 11 is 0. The second kappa shape index (κ2) is 10.6. The van der Waals surface area contributed by atoms with Crippen molar-refractivity contribution in [2.75, 3.05) is 18.8 Å². The lowest BCUT2D eigenvalue weighted by Gasteiger charge is -2.45. The third-order valence-corrected chi connectivity index (χ3v) is 9.53. The molecule has 4 heteroatoms. The second-order valence-corrected chi connectivity index (χ2v) is 12.7. The first-order valence-electron chi connectivity index (χ1n) is 11.6. The normalized spacial score (nSPS) is 32.6. The van der Waals surface area contributed by atoms with Gasteiger partial charge in [0, 0.05) is 6.54 Å². The van der Waals surface area contributed by atoms with Gasteiger partial charge in [0.25, 0.3) is 0 Å². The number of hydrogen-bond donors (Lipinski definition) is 1. The zero-order valence-electron chi connectivity index (χ0n) is 18.5. The van der Waals surface area contributed by atoms with E-state index >= 15 is 0 Å². The van der Waals surface area contributed by atoms with Gasteiger partial charge in [-0.2, -0.15) is 0 Å². The largest absolute Gasteiger partial charge is 0.316 e. The van der Waals surface area contributed by atoms with Crippen LogP contribution in [0.1, 0.15) is 86.0 Å².